The molecule has 0 radical (unpaired) electrons. The lowest BCUT2D eigenvalue weighted by Crippen LogP contribution is -2.38. The molecule has 88 valence electrons. The summed E-state index contributed by atoms with van der Waals surface area (Å²) >= 11 is 0. The summed E-state index contributed by atoms with van der Waals surface area (Å²) in [5.74, 6) is 0.198. The summed E-state index contributed by atoms with van der Waals surface area (Å²) in [6.45, 7) is 8.49. The Morgan fingerprint density at radius 1 is 1.53 bits per heavy atom. The fourth-order valence-electron chi connectivity index (χ4n) is 2.13. The third kappa shape index (κ3) is 3.92. The van der Waals surface area contributed by atoms with Crippen LogP contribution >= 0.6 is 0 Å². The van der Waals surface area contributed by atoms with Gasteiger partial charge >= 0.3 is 0 Å². The van der Waals surface area contributed by atoms with E-state index in [1.165, 1.54) is 19.4 Å². The van der Waals surface area contributed by atoms with Gasteiger partial charge < -0.3 is 4.74 Å². The lowest BCUT2D eigenvalue weighted by molar-refractivity contribution is -0.123. The van der Waals surface area contributed by atoms with Crippen LogP contribution in [0.1, 0.15) is 40.0 Å². The molecule has 0 unspecified atom stereocenters. The van der Waals surface area contributed by atoms with E-state index in [9.17, 15) is 4.79 Å². The fraction of sp³-hybridized carbons (Fsp3) is 0.917. The molecule has 1 rings (SSSR count). The van der Waals surface area contributed by atoms with Gasteiger partial charge in [0.1, 0.15) is 6.61 Å². The van der Waals surface area contributed by atoms with Crippen LogP contribution in [0.2, 0.25) is 0 Å². The number of nitrogens with zero attached hydrogens (tertiary/aromatic N) is 1. The van der Waals surface area contributed by atoms with Crippen molar-refractivity contribution in [2.75, 3.05) is 19.8 Å². The van der Waals surface area contributed by atoms with Gasteiger partial charge in [-0.05, 0) is 33.2 Å². The molecule has 0 spiro atoms. The number of carbonyl (C=O) groups excluding carboxylic acids is 1. The number of likely N-dealkylation sites (tertiary alicyclic amines) is 1. The molecule has 0 aromatic heterocycles. The lowest BCUT2D eigenvalue weighted by atomic mass is 10.2. The number of Topliss-reactive ketones (excluding diaryl/α,β-unsaturated/α-hetero) is 1. The summed E-state index contributed by atoms with van der Waals surface area (Å²) in [6, 6.07) is 1.11. The quantitative estimate of drug-likeness (QED) is 0.674. The van der Waals surface area contributed by atoms with E-state index in [1.807, 2.05) is 6.92 Å². The minimum absolute atomic E-state index is 0.198. The predicted molar refractivity (Wildman–Crippen MR) is 61.0 cm³/mol. The van der Waals surface area contributed by atoms with E-state index in [0.717, 1.165) is 0 Å². The number of hydrogen-bond acceptors (Lipinski definition) is 3. The minimum atomic E-state index is 0.198. The maximum Gasteiger partial charge on any atom is 0.158 e. The molecule has 1 aliphatic heterocycles. The van der Waals surface area contributed by atoms with Gasteiger partial charge in [0.25, 0.3) is 0 Å². The molecular weight excluding hydrogens is 190 g/mol. The number of carbonyl (C=O) groups is 1. The van der Waals surface area contributed by atoms with Gasteiger partial charge in [0.15, 0.2) is 5.78 Å². The van der Waals surface area contributed by atoms with Gasteiger partial charge in [-0.3, -0.25) is 9.69 Å². The minimum Gasteiger partial charge on any atom is -0.372 e. The van der Waals surface area contributed by atoms with Crippen LogP contribution in [-0.4, -0.2) is 42.5 Å². The molecule has 1 fully saturated rings. The molecule has 3 heteroatoms. The Morgan fingerprint density at radius 2 is 2.27 bits per heavy atom. The number of hydrogen-bond donors (Lipinski definition) is 0. The van der Waals surface area contributed by atoms with Crippen molar-refractivity contribution >= 4 is 5.78 Å². The summed E-state index contributed by atoms with van der Waals surface area (Å²) in [4.78, 5) is 13.5. The van der Waals surface area contributed by atoms with Crippen LogP contribution in [-0.2, 0) is 9.53 Å². The first-order chi connectivity index (χ1) is 7.15. The van der Waals surface area contributed by atoms with E-state index in [4.69, 9.17) is 4.74 Å². The van der Waals surface area contributed by atoms with E-state index in [2.05, 4.69) is 18.7 Å². The molecule has 0 amide bonds. The van der Waals surface area contributed by atoms with Crippen LogP contribution < -0.4 is 0 Å². The second kappa shape index (κ2) is 6.23. The zero-order chi connectivity index (χ0) is 11.3. The Balaban J connectivity index is 2.23. The Labute approximate surface area is 92.8 Å². The highest BCUT2D eigenvalue weighted by atomic mass is 16.5. The largest absolute Gasteiger partial charge is 0.372 e. The molecule has 1 heterocycles. The van der Waals surface area contributed by atoms with Crippen molar-refractivity contribution in [1.29, 1.82) is 0 Å². The summed E-state index contributed by atoms with van der Waals surface area (Å²) in [5, 5.41) is 0. The van der Waals surface area contributed by atoms with Crippen molar-refractivity contribution in [3.05, 3.63) is 0 Å². The van der Waals surface area contributed by atoms with Crippen molar-refractivity contribution in [3.8, 4) is 0 Å². The molecule has 1 aliphatic rings. The Kier molecular flexibility index (Phi) is 5.26. The van der Waals surface area contributed by atoms with Crippen molar-refractivity contribution in [2.24, 2.45) is 0 Å². The van der Waals surface area contributed by atoms with Crippen LogP contribution in [0.3, 0.4) is 0 Å². The summed E-state index contributed by atoms with van der Waals surface area (Å²) in [6.07, 6.45) is 3.05. The summed E-state index contributed by atoms with van der Waals surface area (Å²) in [7, 11) is 0. The van der Waals surface area contributed by atoms with Crippen molar-refractivity contribution < 1.29 is 9.53 Å². The molecule has 0 saturated carbocycles. The van der Waals surface area contributed by atoms with Crippen LogP contribution in [0.15, 0.2) is 0 Å². The standard InChI is InChI=1S/C12H23NO2/c1-4-12(14)9-15-8-11-6-5-7-13(11)10(2)3/h10-11H,4-9H2,1-3H3/t11-/m0/s1. The molecule has 0 N–H and O–H groups in total. The van der Waals surface area contributed by atoms with Gasteiger partial charge in [0.05, 0.1) is 6.61 Å². The average Bonchev–Trinajstić information content (AvgIpc) is 2.65. The average molecular weight is 213 g/mol. The van der Waals surface area contributed by atoms with E-state index < -0.39 is 0 Å². The maximum absolute atomic E-state index is 11.1. The van der Waals surface area contributed by atoms with Crippen LogP contribution in [0.5, 0.6) is 0 Å². The van der Waals surface area contributed by atoms with Crippen molar-refractivity contribution in [3.63, 3.8) is 0 Å². The molecule has 15 heavy (non-hydrogen) atoms. The molecule has 0 aliphatic carbocycles. The topological polar surface area (TPSA) is 29.5 Å². The Hall–Kier alpha value is -0.410. The van der Waals surface area contributed by atoms with E-state index >= 15 is 0 Å². The lowest BCUT2D eigenvalue weighted by Gasteiger charge is -2.27. The van der Waals surface area contributed by atoms with Gasteiger partial charge in [-0.1, -0.05) is 6.92 Å². The zero-order valence-electron chi connectivity index (χ0n) is 10.2. The van der Waals surface area contributed by atoms with Gasteiger partial charge in [-0.15, -0.1) is 0 Å². The second-order valence-corrected chi connectivity index (χ2v) is 4.53. The molecule has 1 atom stereocenters. The Morgan fingerprint density at radius 3 is 2.87 bits per heavy atom. The molecule has 0 aromatic carbocycles. The molecule has 3 nitrogen and oxygen atoms in total. The molecular formula is C12H23NO2. The second-order valence-electron chi connectivity index (χ2n) is 4.53. The zero-order valence-corrected chi connectivity index (χ0v) is 10.2. The maximum atomic E-state index is 11.1. The molecule has 1 saturated heterocycles. The number of ether oxygens (including phenoxy) is 1. The molecule has 0 aromatic rings. The van der Waals surface area contributed by atoms with E-state index in [1.54, 1.807) is 0 Å². The monoisotopic (exact) mass is 213 g/mol. The van der Waals surface area contributed by atoms with Gasteiger partial charge in [-0.25, -0.2) is 0 Å². The highest BCUT2D eigenvalue weighted by molar-refractivity contribution is 5.79. The normalized spacial score (nSPS) is 22.5. The highest BCUT2D eigenvalue weighted by Gasteiger charge is 2.26. The summed E-state index contributed by atoms with van der Waals surface area (Å²) in [5.41, 5.74) is 0. The third-order valence-corrected chi connectivity index (χ3v) is 3.05. The number of ketones is 1. The van der Waals surface area contributed by atoms with E-state index in [0.29, 0.717) is 31.7 Å². The first-order valence-electron chi connectivity index (χ1n) is 6.00. The first-order valence-corrected chi connectivity index (χ1v) is 6.00. The SMILES string of the molecule is CCC(=O)COC[C@@H]1CCCN1C(C)C. The van der Waals surface area contributed by atoms with Gasteiger partial charge in [0, 0.05) is 18.5 Å². The summed E-state index contributed by atoms with van der Waals surface area (Å²) < 4.78 is 5.46. The fourth-order valence-corrected chi connectivity index (χ4v) is 2.13. The first kappa shape index (κ1) is 12.7. The van der Waals surface area contributed by atoms with Crippen LogP contribution in [0, 0.1) is 0 Å². The highest BCUT2D eigenvalue weighted by Crippen LogP contribution is 2.19. The van der Waals surface area contributed by atoms with Crippen molar-refractivity contribution in [1.82, 2.24) is 4.90 Å². The number of rotatable bonds is 6. The smallest absolute Gasteiger partial charge is 0.158 e. The van der Waals surface area contributed by atoms with Crippen molar-refractivity contribution in [2.45, 2.75) is 52.1 Å². The van der Waals surface area contributed by atoms with E-state index in [-0.39, 0.29) is 5.78 Å². The van der Waals surface area contributed by atoms with Crippen LogP contribution in [0.4, 0.5) is 0 Å². The predicted octanol–water partition coefficient (Wildman–Crippen LogP) is 1.85. The van der Waals surface area contributed by atoms with Gasteiger partial charge in [-0.2, -0.15) is 0 Å². The van der Waals surface area contributed by atoms with Gasteiger partial charge in [0.2, 0.25) is 0 Å². The van der Waals surface area contributed by atoms with Crippen LogP contribution in [0.25, 0.3) is 0 Å². The molecule has 0 bridgehead atoms. The Bertz CT molecular complexity index is 204. The third-order valence-electron chi connectivity index (χ3n) is 3.05.